The Morgan fingerprint density at radius 3 is 1.55 bits per heavy atom. The summed E-state index contributed by atoms with van der Waals surface area (Å²) in [6.45, 7) is 4.66. The molecule has 248 valence electrons. The largest absolute Gasteiger partial charge is 0.455 e. The Morgan fingerprint density at radius 1 is 0.453 bits per heavy atom. The molecule has 4 heteroatoms. The van der Waals surface area contributed by atoms with Gasteiger partial charge in [-0.05, 0) is 68.9 Å². The molecule has 0 spiro atoms. The van der Waals surface area contributed by atoms with E-state index in [9.17, 15) is 0 Å². The molecule has 0 bridgehead atoms. The van der Waals surface area contributed by atoms with E-state index >= 15 is 0 Å². The molecule has 8 aromatic carbocycles. The fourth-order valence-electron chi connectivity index (χ4n) is 9.11. The highest BCUT2D eigenvalue weighted by Gasteiger charge is 2.36. The quantitative estimate of drug-likeness (QED) is 0.171. The highest BCUT2D eigenvalue weighted by molar-refractivity contribution is 6.24. The average molecular weight is 679 g/mol. The van der Waals surface area contributed by atoms with Crippen molar-refractivity contribution in [3.8, 4) is 33.5 Å². The van der Waals surface area contributed by atoms with Crippen LogP contribution in [-0.2, 0) is 5.41 Å². The normalized spacial score (nSPS) is 13.6. The minimum Gasteiger partial charge on any atom is -0.455 e. The third kappa shape index (κ3) is 3.84. The van der Waals surface area contributed by atoms with Gasteiger partial charge in [0.2, 0.25) is 0 Å². The van der Waals surface area contributed by atoms with Crippen LogP contribution in [0.4, 0.5) is 0 Å². The van der Waals surface area contributed by atoms with Crippen molar-refractivity contribution >= 4 is 76.5 Å². The summed E-state index contributed by atoms with van der Waals surface area (Å²) < 4.78 is 13.3. The van der Waals surface area contributed by atoms with Crippen molar-refractivity contribution in [1.29, 1.82) is 0 Å². The van der Waals surface area contributed by atoms with E-state index in [1.54, 1.807) is 0 Å². The van der Waals surface area contributed by atoms with Crippen LogP contribution in [0.15, 0.2) is 155 Å². The SMILES string of the molecule is CC1(C)c2cc(-c3cnc4c5ccccc5c5ccccc5c4n3)ccc2-c2ccc(-c3c4oc5ccccc5c4cc4c3oc3ccccc34)cc21. The van der Waals surface area contributed by atoms with Gasteiger partial charge in [0.25, 0.3) is 0 Å². The van der Waals surface area contributed by atoms with Gasteiger partial charge in [-0.1, -0.05) is 123 Å². The van der Waals surface area contributed by atoms with Crippen LogP contribution in [0, 0.1) is 0 Å². The van der Waals surface area contributed by atoms with Crippen LogP contribution >= 0.6 is 0 Å². The molecule has 12 rings (SSSR count). The third-order valence-corrected chi connectivity index (χ3v) is 11.7. The Hall–Kier alpha value is -6.78. The lowest BCUT2D eigenvalue weighted by atomic mass is 9.81. The van der Waals surface area contributed by atoms with Crippen LogP contribution in [-0.4, -0.2) is 9.97 Å². The molecule has 0 aliphatic heterocycles. The van der Waals surface area contributed by atoms with E-state index in [1.165, 1.54) is 33.0 Å². The summed E-state index contributed by atoms with van der Waals surface area (Å²) in [5.41, 5.74) is 14.1. The molecule has 1 aliphatic carbocycles. The lowest BCUT2D eigenvalue weighted by Crippen LogP contribution is -2.15. The van der Waals surface area contributed by atoms with Gasteiger partial charge in [-0.25, -0.2) is 4.98 Å². The molecule has 0 amide bonds. The molecule has 53 heavy (non-hydrogen) atoms. The number of fused-ring (bicyclic) bond motifs is 15. The Balaban J connectivity index is 1.03. The molecule has 11 aromatic rings. The first kappa shape index (κ1) is 28.9. The lowest BCUT2D eigenvalue weighted by Gasteiger charge is -2.22. The second-order valence-electron chi connectivity index (χ2n) is 14.9. The topological polar surface area (TPSA) is 52.1 Å². The maximum absolute atomic E-state index is 6.65. The van der Waals surface area contributed by atoms with Crippen LogP contribution in [0.3, 0.4) is 0 Å². The van der Waals surface area contributed by atoms with Gasteiger partial charge < -0.3 is 8.83 Å². The van der Waals surface area contributed by atoms with E-state index in [4.69, 9.17) is 18.8 Å². The summed E-state index contributed by atoms with van der Waals surface area (Å²) in [6.07, 6.45) is 1.94. The predicted molar refractivity (Wildman–Crippen MR) is 218 cm³/mol. The van der Waals surface area contributed by atoms with Crippen LogP contribution in [0.25, 0.3) is 110 Å². The smallest absolute Gasteiger partial charge is 0.147 e. The number of aromatic nitrogens is 2. The van der Waals surface area contributed by atoms with E-state index in [0.29, 0.717) is 0 Å². The van der Waals surface area contributed by atoms with Crippen molar-refractivity contribution in [3.63, 3.8) is 0 Å². The number of rotatable bonds is 2. The van der Waals surface area contributed by atoms with Gasteiger partial charge in [0.05, 0.1) is 28.5 Å². The van der Waals surface area contributed by atoms with Crippen LogP contribution in [0.2, 0.25) is 0 Å². The fourth-order valence-corrected chi connectivity index (χ4v) is 9.11. The minimum atomic E-state index is -0.265. The minimum absolute atomic E-state index is 0.265. The first-order chi connectivity index (χ1) is 26.0. The van der Waals surface area contributed by atoms with Crippen molar-refractivity contribution in [3.05, 3.63) is 157 Å². The molecule has 0 atom stereocenters. The van der Waals surface area contributed by atoms with E-state index in [1.807, 2.05) is 30.5 Å². The molecular weight excluding hydrogens is 649 g/mol. The van der Waals surface area contributed by atoms with Gasteiger partial charge in [0.1, 0.15) is 22.3 Å². The van der Waals surface area contributed by atoms with Gasteiger partial charge >= 0.3 is 0 Å². The van der Waals surface area contributed by atoms with Crippen molar-refractivity contribution in [2.24, 2.45) is 0 Å². The Morgan fingerprint density at radius 2 is 0.943 bits per heavy atom. The second-order valence-corrected chi connectivity index (χ2v) is 14.9. The third-order valence-electron chi connectivity index (χ3n) is 11.7. The Labute approximate surface area is 303 Å². The molecule has 0 radical (unpaired) electrons. The van der Waals surface area contributed by atoms with Crippen LogP contribution < -0.4 is 0 Å². The summed E-state index contributed by atoms with van der Waals surface area (Å²) in [5, 5.41) is 9.05. The maximum atomic E-state index is 6.65. The zero-order valence-electron chi connectivity index (χ0n) is 29.1. The van der Waals surface area contributed by atoms with E-state index in [-0.39, 0.29) is 5.41 Å². The van der Waals surface area contributed by atoms with E-state index in [0.717, 1.165) is 88.1 Å². The average Bonchev–Trinajstić information content (AvgIpc) is 3.84. The van der Waals surface area contributed by atoms with Gasteiger partial charge in [-0.3, -0.25) is 4.98 Å². The summed E-state index contributed by atoms with van der Waals surface area (Å²) in [4.78, 5) is 10.4. The molecule has 0 N–H and O–H groups in total. The molecule has 4 nitrogen and oxygen atoms in total. The number of para-hydroxylation sites is 2. The van der Waals surface area contributed by atoms with Crippen LogP contribution in [0.5, 0.6) is 0 Å². The van der Waals surface area contributed by atoms with E-state index < -0.39 is 0 Å². The van der Waals surface area contributed by atoms with E-state index in [2.05, 4.69) is 129 Å². The van der Waals surface area contributed by atoms with Crippen molar-refractivity contribution in [2.75, 3.05) is 0 Å². The molecule has 3 aromatic heterocycles. The molecule has 0 saturated carbocycles. The monoisotopic (exact) mass is 678 g/mol. The molecule has 3 heterocycles. The number of nitrogens with zero attached hydrogens (tertiary/aromatic N) is 2. The number of furan rings is 2. The van der Waals surface area contributed by atoms with Crippen molar-refractivity contribution in [1.82, 2.24) is 9.97 Å². The molecule has 1 aliphatic rings. The van der Waals surface area contributed by atoms with Crippen LogP contribution in [0.1, 0.15) is 25.0 Å². The van der Waals surface area contributed by atoms with Gasteiger partial charge in [-0.2, -0.15) is 0 Å². The van der Waals surface area contributed by atoms with Crippen molar-refractivity contribution < 1.29 is 8.83 Å². The van der Waals surface area contributed by atoms with Crippen molar-refractivity contribution in [2.45, 2.75) is 19.3 Å². The molecule has 0 unspecified atom stereocenters. The highest BCUT2D eigenvalue weighted by Crippen LogP contribution is 2.52. The summed E-state index contributed by atoms with van der Waals surface area (Å²) in [5.74, 6) is 0. The second kappa shape index (κ2) is 10.2. The zero-order valence-corrected chi connectivity index (χ0v) is 29.1. The summed E-state index contributed by atoms with van der Waals surface area (Å²) in [6, 6.07) is 49.5. The predicted octanol–water partition coefficient (Wildman–Crippen LogP) is 13.4. The fraction of sp³-hybridized carbons (Fsp3) is 0.0612. The zero-order chi connectivity index (χ0) is 35.0. The standard InChI is InChI=1S/C49H30N2O2/c1-49(2)39-23-27(41-26-50-45-35-15-5-3-11-29(35)30-12-4-6-16-36(30)46(45)51-41)19-21-31(39)32-22-20-28(24-40(32)49)44-47-37(33-13-7-9-17-42(33)52-47)25-38-34-14-8-10-18-43(34)53-48(38)44/h3-26H,1-2H3. The van der Waals surface area contributed by atoms with Gasteiger partial charge in [0.15, 0.2) is 0 Å². The molecular formula is C49H30N2O2. The molecule has 0 saturated heterocycles. The maximum Gasteiger partial charge on any atom is 0.147 e. The summed E-state index contributed by atoms with van der Waals surface area (Å²) in [7, 11) is 0. The lowest BCUT2D eigenvalue weighted by molar-refractivity contribution is 0.656. The first-order valence-electron chi connectivity index (χ1n) is 18.1. The molecule has 0 fully saturated rings. The highest BCUT2D eigenvalue weighted by atomic mass is 16.3. The summed E-state index contributed by atoms with van der Waals surface area (Å²) >= 11 is 0. The van der Waals surface area contributed by atoms with Gasteiger partial charge in [0, 0.05) is 43.3 Å². The number of hydrogen-bond acceptors (Lipinski definition) is 4. The number of hydrogen-bond donors (Lipinski definition) is 0. The number of benzene rings is 8. The first-order valence-corrected chi connectivity index (χ1v) is 18.1. The van der Waals surface area contributed by atoms with Gasteiger partial charge in [-0.15, -0.1) is 0 Å². The Kier molecular flexibility index (Phi) is 5.54. The Bertz CT molecular complexity index is 3260.